The Morgan fingerprint density at radius 2 is 1.92 bits per heavy atom. The van der Waals surface area contributed by atoms with Gasteiger partial charge in [-0.3, -0.25) is 4.99 Å². The third-order valence-corrected chi connectivity index (χ3v) is 7.11. The second-order valence-electron chi connectivity index (χ2n) is 7.02. The van der Waals surface area contributed by atoms with E-state index in [-0.39, 0.29) is 46.9 Å². The van der Waals surface area contributed by atoms with Gasteiger partial charge in [0.25, 0.3) is 0 Å². The Hall–Kier alpha value is -0.830. The molecule has 0 radical (unpaired) electrons. The maximum Gasteiger partial charge on any atom is 0.191 e. The first-order chi connectivity index (χ1) is 11.5. The number of sulfone groups is 1. The zero-order chi connectivity index (χ0) is 17.0. The van der Waals surface area contributed by atoms with Crippen molar-refractivity contribution in [1.82, 2.24) is 10.6 Å². The highest BCUT2D eigenvalue weighted by Crippen LogP contribution is 2.40. The standard InChI is InChI=1S/C18H27N3O2S.HI/c1-19-17(21-16-9-12-24(22,23)13-16)20-14-18(10-5-6-11-18)15-7-3-2-4-8-15;/h2-4,7-8,16H,5-6,9-14H2,1H3,(H2,19,20,21);1H. The summed E-state index contributed by atoms with van der Waals surface area (Å²) in [6.07, 6.45) is 5.53. The Bertz CT molecular complexity index is 686. The van der Waals surface area contributed by atoms with Crippen LogP contribution in [0.2, 0.25) is 0 Å². The predicted octanol–water partition coefficient (Wildman–Crippen LogP) is 2.47. The molecule has 1 aromatic carbocycles. The molecule has 1 unspecified atom stereocenters. The van der Waals surface area contributed by atoms with Gasteiger partial charge in [0.2, 0.25) is 0 Å². The molecule has 0 bridgehead atoms. The van der Waals surface area contributed by atoms with E-state index in [1.165, 1.54) is 31.2 Å². The average Bonchev–Trinajstić information content (AvgIpc) is 3.19. The summed E-state index contributed by atoms with van der Waals surface area (Å²) in [5.74, 6) is 1.19. The van der Waals surface area contributed by atoms with Gasteiger partial charge in [-0.05, 0) is 24.8 Å². The number of nitrogens with zero attached hydrogens (tertiary/aromatic N) is 1. The molecule has 140 valence electrons. The summed E-state index contributed by atoms with van der Waals surface area (Å²) in [4.78, 5) is 4.28. The molecule has 2 aliphatic rings. The molecular weight excluding hydrogens is 449 g/mol. The first kappa shape index (κ1) is 20.5. The van der Waals surface area contributed by atoms with Gasteiger partial charge >= 0.3 is 0 Å². The van der Waals surface area contributed by atoms with Crippen LogP contribution in [0.1, 0.15) is 37.7 Å². The Morgan fingerprint density at radius 3 is 2.48 bits per heavy atom. The number of hydrogen-bond acceptors (Lipinski definition) is 3. The molecule has 25 heavy (non-hydrogen) atoms. The normalized spacial score (nSPS) is 24.5. The molecular formula is C18H28IN3O2S. The number of guanidine groups is 1. The zero-order valence-corrected chi connectivity index (χ0v) is 17.8. The molecule has 1 aliphatic carbocycles. The molecule has 2 N–H and O–H groups in total. The van der Waals surface area contributed by atoms with E-state index in [9.17, 15) is 8.42 Å². The molecule has 5 nitrogen and oxygen atoms in total. The quantitative estimate of drug-likeness (QED) is 0.397. The van der Waals surface area contributed by atoms with Crippen LogP contribution in [0.5, 0.6) is 0 Å². The van der Waals surface area contributed by atoms with Crippen molar-refractivity contribution in [3.8, 4) is 0 Å². The van der Waals surface area contributed by atoms with Gasteiger partial charge in [-0.15, -0.1) is 24.0 Å². The van der Waals surface area contributed by atoms with Crippen molar-refractivity contribution in [2.45, 2.75) is 43.6 Å². The third-order valence-electron chi connectivity index (χ3n) is 5.34. The lowest BCUT2D eigenvalue weighted by molar-refractivity contribution is 0.430. The molecule has 3 rings (SSSR count). The van der Waals surface area contributed by atoms with Gasteiger partial charge in [0, 0.05) is 25.0 Å². The summed E-state index contributed by atoms with van der Waals surface area (Å²) >= 11 is 0. The molecule has 1 aromatic rings. The van der Waals surface area contributed by atoms with Crippen molar-refractivity contribution in [1.29, 1.82) is 0 Å². The first-order valence-electron chi connectivity index (χ1n) is 8.76. The van der Waals surface area contributed by atoms with E-state index in [4.69, 9.17) is 0 Å². The lowest BCUT2D eigenvalue weighted by atomic mass is 9.79. The predicted molar refractivity (Wildman–Crippen MR) is 114 cm³/mol. The number of benzene rings is 1. The highest BCUT2D eigenvalue weighted by Gasteiger charge is 2.36. The van der Waals surface area contributed by atoms with Gasteiger partial charge in [0.15, 0.2) is 15.8 Å². The van der Waals surface area contributed by atoms with Crippen molar-refractivity contribution in [2.75, 3.05) is 25.1 Å². The van der Waals surface area contributed by atoms with Gasteiger partial charge in [-0.25, -0.2) is 8.42 Å². The van der Waals surface area contributed by atoms with Crippen LogP contribution in [-0.4, -0.2) is 45.5 Å². The Labute approximate surface area is 168 Å². The van der Waals surface area contributed by atoms with Crippen LogP contribution in [0.3, 0.4) is 0 Å². The van der Waals surface area contributed by atoms with E-state index in [0.29, 0.717) is 12.4 Å². The smallest absolute Gasteiger partial charge is 0.191 e. The third kappa shape index (κ3) is 5.09. The summed E-state index contributed by atoms with van der Waals surface area (Å²) in [5, 5.41) is 6.72. The number of nitrogens with one attached hydrogen (secondary N) is 2. The zero-order valence-electron chi connectivity index (χ0n) is 14.7. The molecule has 2 fully saturated rings. The second-order valence-corrected chi connectivity index (χ2v) is 9.25. The van der Waals surface area contributed by atoms with Crippen LogP contribution < -0.4 is 10.6 Å². The largest absolute Gasteiger partial charge is 0.356 e. The van der Waals surface area contributed by atoms with Crippen LogP contribution in [-0.2, 0) is 15.3 Å². The summed E-state index contributed by atoms with van der Waals surface area (Å²) < 4.78 is 23.2. The maximum absolute atomic E-state index is 11.6. The topological polar surface area (TPSA) is 70.6 Å². The van der Waals surface area contributed by atoms with Gasteiger partial charge in [-0.2, -0.15) is 0 Å². The molecule has 1 heterocycles. The van der Waals surface area contributed by atoms with E-state index in [0.717, 1.165) is 6.54 Å². The van der Waals surface area contributed by atoms with E-state index in [1.807, 2.05) is 0 Å². The first-order valence-corrected chi connectivity index (χ1v) is 10.6. The van der Waals surface area contributed by atoms with Crippen molar-refractivity contribution in [2.24, 2.45) is 4.99 Å². The summed E-state index contributed by atoms with van der Waals surface area (Å²) in [6, 6.07) is 10.7. The van der Waals surface area contributed by atoms with E-state index in [1.54, 1.807) is 7.05 Å². The summed E-state index contributed by atoms with van der Waals surface area (Å²) in [5.41, 5.74) is 1.54. The number of hydrogen-bond donors (Lipinski definition) is 2. The molecule has 0 amide bonds. The minimum absolute atomic E-state index is 0. The van der Waals surface area contributed by atoms with Gasteiger partial charge in [-0.1, -0.05) is 43.2 Å². The van der Waals surface area contributed by atoms with Crippen LogP contribution >= 0.6 is 24.0 Å². The summed E-state index contributed by atoms with van der Waals surface area (Å²) in [6.45, 7) is 0.830. The molecule has 0 spiro atoms. The van der Waals surface area contributed by atoms with Crippen LogP contribution in [0, 0.1) is 0 Å². The monoisotopic (exact) mass is 477 g/mol. The highest BCUT2D eigenvalue weighted by atomic mass is 127. The van der Waals surface area contributed by atoms with E-state index >= 15 is 0 Å². The lowest BCUT2D eigenvalue weighted by Gasteiger charge is -2.31. The second kappa shape index (κ2) is 8.70. The van der Waals surface area contributed by atoms with Crippen LogP contribution in [0.4, 0.5) is 0 Å². The highest BCUT2D eigenvalue weighted by molar-refractivity contribution is 14.0. The molecule has 0 aromatic heterocycles. The fourth-order valence-corrected chi connectivity index (χ4v) is 5.63. The van der Waals surface area contributed by atoms with Crippen molar-refractivity contribution in [3.05, 3.63) is 35.9 Å². The van der Waals surface area contributed by atoms with Crippen LogP contribution in [0.25, 0.3) is 0 Å². The van der Waals surface area contributed by atoms with E-state index in [2.05, 4.69) is 46.0 Å². The molecule has 1 saturated heterocycles. The average molecular weight is 477 g/mol. The molecule has 1 aliphatic heterocycles. The molecule has 1 atom stereocenters. The SMILES string of the molecule is CN=C(NCC1(c2ccccc2)CCCC1)NC1CCS(=O)(=O)C1.I. The van der Waals surface area contributed by atoms with Crippen molar-refractivity contribution >= 4 is 39.8 Å². The van der Waals surface area contributed by atoms with Gasteiger partial charge in [0.1, 0.15) is 0 Å². The summed E-state index contributed by atoms with van der Waals surface area (Å²) in [7, 11) is -1.14. The number of halogens is 1. The Kier molecular flexibility index (Phi) is 7.13. The van der Waals surface area contributed by atoms with Gasteiger partial charge < -0.3 is 10.6 Å². The minimum Gasteiger partial charge on any atom is -0.356 e. The maximum atomic E-state index is 11.6. The molecule has 7 heteroatoms. The minimum atomic E-state index is -2.88. The Balaban J connectivity index is 0.00000225. The van der Waals surface area contributed by atoms with E-state index < -0.39 is 9.84 Å². The molecule has 1 saturated carbocycles. The van der Waals surface area contributed by atoms with Gasteiger partial charge in [0.05, 0.1) is 11.5 Å². The number of rotatable bonds is 4. The fourth-order valence-electron chi connectivity index (χ4n) is 3.96. The number of aliphatic imine (C=N–C) groups is 1. The van der Waals surface area contributed by atoms with Crippen LogP contribution in [0.15, 0.2) is 35.3 Å². The fraction of sp³-hybridized carbons (Fsp3) is 0.611. The van der Waals surface area contributed by atoms with Crippen molar-refractivity contribution < 1.29 is 8.42 Å². The Morgan fingerprint density at radius 1 is 1.24 bits per heavy atom. The lowest BCUT2D eigenvalue weighted by Crippen LogP contribution is -2.48. The van der Waals surface area contributed by atoms with Crippen molar-refractivity contribution in [3.63, 3.8) is 0 Å².